The monoisotopic (exact) mass is 586 g/mol. The van der Waals surface area contributed by atoms with E-state index < -0.39 is 0 Å². The van der Waals surface area contributed by atoms with Crippen LogP contribution >= 0.6 is 23.2 Å². The van der Waals surface area contributed by atoms with Gasteiger partial charge in [0.05, 0.1) is 5.69 Å². The van der Waals surface area contributed by atoms with Gasteiger partial charge in [0.15, 0.2) is 0 Å². The van der Waals surface area contributed by atoms with Gasteiger partial charge in [-0.15, -0.1) is 23.2 Å². The predicted octanol–water partition coefficient (Wildman–Crippen LogP) is 5.09. The molecule has 3 N–H and O–H groups in total. The summed E-state index contributed by atoms with van der Waals surface area (Å²) in [6.45, 7) is 2.19. The van der Waals surface area contributed by atoms with Crippen LogP contribution in [0.5, 0.6) is 0 Å². The largest absolute Gasteiger partial charge is 0.369 e. The van der Waals surface area contributed by atoms with Gasteiger partial charge in [-0.2, -0.15) is 0 Å². The highest BCUT2D eigenvalue weighted by molar-refractivity contribution is 6.18. The minimum absolute atomic E-state index is 0.0651. The van der Waals surface area contributed by atoms with Crippen LogP contribution in [0.4, 0.5) is 22.7 Å². The number of amides is 3. The maximum absolute atomic E-state index is 12.9. The molecule has 40 heavy (non-hydrogen) atoms. The minimum Gasteiger partial charge on any atom is -0.369 e. The molecule has 0 saturated carbocycles. The Hall–Kier alpha value is -3.53. The fourth-order valence-corrected chi connectivity index (χ4v) is 4.48. The van der Waals surface area contributed by atoms with Gasteiger partial charge in [0.2, 0.25) is 5.91 Å². The zero-order valence-electron chi connectivity index (χ0n) is 23.0. The molecular formula is C29H36Cl2N6O3. The number of carbonyl (C=O) groups is 3. The Morgan fingerprint density at radius 1 is 0.775 bits per heavy atom. The van der Waals surface area contributed by atoms with Gasteiger partial charge in [0, 0.05) is 67.1 Å². The minimum atomic E-state index is -0.324. The molecule has 2 aromatic carbocycles. The van der Waals surface area contributed by atoms with Crippen molar-refractivity contribution in [1.82, 2.24) is 9.47 Å². The summed E-state index contributed by atoms with van der Waals surface area (Å²) in [6.07, 6.45) is 2.87. The molecule has 0 fully saturated rings. The van der Waals surface area contributed by atoms with E-state index in [1.807, 2.05) is 43.3 Å². The molecule has 0 atom stereocenters. The third-order valence-corrected chi connectivity index (χ3v) is 6.47. The summed E-state index contributed by atoms with van der Waals surface area (Å²) >= 11 is 11.8. The summed E-state index contributed by atoms with van der Waals surface area (Å²) in [4.78, 5) is 41.9. The molecule has 11 heteroatoms. The molecule has 1 aromatic heterocycles. The van der Waals surface area contributed by atoms with E-state index in [0.717, 1.165) is 18.7 Å². The van der Waals surface area contributed by atoms with Crippen molar-refractivity contribution in [2.75, 3.05) is 66.3 Å². The van der Waals surface area contributed by atoms with E-state index >= 15 is 0 Å². The standard InChI is InChI=1S/C29H36Cl2N6O3/c1-35(2)16-4-5-27(38)32-22-8-6-21(7-9-22)28(39)34-24-19-26(36(3)20-24)29(40)33-23-10-12-25(13-11-23)37(17-14-30)18-15-31/h6-13,19-20H,4-5,14-18H2,1-3H3,(H,32,38)(H,33,40)(H,34,39). The van der Waals surface area contributed by atoms with Crippen molar-refractivity contribution in [3.63, 3.8) is 0 Å². The molecule has 0 saturated heterocycles. The van der Waals surface area contributed by atoms with E-state index in [-0.39, 0.29) is 17.7 Å². The number of nitrogens with zero attached hydrogens (tertiary/aromatic N) is 3. The van der Waals surface area contributed by atoms with Crippen molar-refractivity contribution >= 4 is 63.7 Å². The number of benzene rings is 2. The molecule has 0 unspecified atom stereocenters. The smallest absolute Gasteiger partial charge is 0.272 e. The van der Waals surface area contributed by atoms with E-state index in [2.05, 4.69) is 20.9 Å². The summed E-state index contributed by atoms with van der Waals surface area (Å²) in [5, 5.41) is 8.55. The summed E-state index contributed by atoms with van der Waals surface area (Å²) in [5.41, 5.74) is 3.55. The lowest BCUT2D eigenvalue weighted by atomic mass is 10.2. The SMILES string of the molecule is CN(C)CCCC(=O)Nc1ccc(C(=O)Nc2cc(C(=O)Nc3ccc(N(CCCl)CCCl)cc3)n(C)c2)cc1. The zero-order chi connectivity index (χ0) is 29.1. The Labute approximate surface area is 245 Å². The molecule has 1 heterocycles. The molecular weight excluding hydrogens is 551 g/mol. The average molecular weight is 588 g/mol. The number of hydrogen-bond acceptors (Lipinski definition) is 5. The summed E-state index contributed by atoms with van der Waals surface area (Å²) < 4.78 is 1.65. The molecule has 0 spiro atoms. The van der Waals surface area contributed by atoms with E-state index in [1.165, 1.54) is 0 Å². The van der Waals surface area contributed by atoms with Gasteiger partial charge < -0.3 is 30.3 Å². The zero-order valence-corrected chi connectivity index (χ0v) is 24.6. The first-order chi connectivity index (χ1) is 19.2. The lowest BCUT2D eigenvalue weighted by Crippen LogP contribution is -2.27. The van der Waals surface area contributed by atoms with E-state index in [9.17, 15) is 14.4 Å². The lowest BCUT2D eigenvalue weighted by Gasteiger charge is -2.23. The van der Waals surface area contributed by atoms with Crippen LogP contribution in [0.15, 0.2) is 60.8 Å². The highest BCUT2D eigenvalue weighted by atomic mass is 35.5. The van der Waals surface area contributed by atoms with Crippen LogP contribution in [-0.2, 0) is 11.8 Å². The van der Waals surface area contributed by atoms with Gasteiger partial charge in [-0.1, -0.05) is 0 Å². The van der Waals surface area contributed by atoms with Crippen LogP contribution in [0.3, 0.4) is 0 Å². The number of nitrogens with one attached hydrogen (secondary N) is 3. The van der Waals surface area contributed by atoms with E-state index in [4.69, 9.17) is 23.2 Å². The van der Waals surface area contributed by atoms with Crippen LogP contribution in [0, 0.1) is 0 Å². The van der Waals surface area contributed by atoms with E-state index in [0.29, 0.717) is 59.6 Å². The maximum Gasteiger partial charge on any atom is 0.272 e. The molecule has 0 radical (unpaired) electrons. The van der Waals surface area contributed by atoms with Crippen molar-refractivity contribution in [3.8, 4) is 0 Å². The molecule has 0 aliphatic heterocycles. The van der Waals surface area contributed by atoms with E-state index in [1.54, 1.807) is 48.1 Å². The van der Waals surface area contributed by atoms with Gasteiger partial charge in [0.25, 0.3) is 11.8 Å². The van der Waals surface area contributed by atoms with Crippen molar-refractivity contribution in [2.24, 2.45) is 7.05 Å². The Morgan fingerprint density at radius 2 is 1.35 bits per heavy atom. The Bertz CT molecular complexity index is 1270. The summed E-state index contributed by atoms with van der Waals surface area (Å²) in [5.74, 6) is 0.283. The first-order valence-electron chi connectivity index (χ1n) is 13.0. The maximum atomic E-state index is 12.9. The second-order valence-electron chi connectivity index (χ2n) is 9.58. The van der Waals surface area contributed by atoms with Crippen LogP contribution in [0.2, 0.25) is 0 Å². The molecule has 3 rings (SSSR count). The fraction of sp³-hybridized carbons (Fsp3) is 0.345. The molecule has 3 amide bonds. The van der Waals surface area contributed by atoms with Gasteiger partial charge in [-0.3, -0.25) is 14.4 Å². The third-order valence-electron chi connectivity index (χ3n) is 6.13. The van der Waals surface area contributed by atoms with Gasteiger partial charge in [-0.25, -0.2) is 0 Å². The van der Waals surface area contributed by atoms with Crippen LogP contribution < -0.4 is 20.9 Å². The number of halogens is 2. The van der Waals surface area contributed by atoms with Gasteiger partial charge in [-0.05, 0) is 81.7 Å². The summed E-state index contributed by atoms with van der Waals surface area (Å²) in [7, 11) is 5.67. The second kappa shape index (κ2) is 15.3. The quantitative estimate of drug-likeness (QED) is 0.228. The number of carbonyl (C=O) groups excluding carboxylic acids is 3. The number of anilines is 4. The predicted molar refractivity (Wildman–Crippen MR) is 164 cm³/mol. The highest BCUT2D eigenvalue weighted by Crippen LogP contribution is 2.21. The van der Waals surface area contributed by atoms with Crippen molar-refractivity contribution < 1.29 is 14.4 Å². The van der Waals surface area contributed by atoms with Crippen LogP contribution in [-0.4, -0.2) is 72.7 Å². The Balaban J connectivity index is 1.56. The van der Waals surface area contributed by atoms with Gasteiger partial charge in [0.1, 0.15) is 5.69 Å². The second-order valence-corrected chi connectivity index (χ2v) is 10.3. The Morgan fingerprint density at radius 3 is 1.95 bits per heavy atom. The number of hydrogen-bond donors (Lipinski definition) is 3. The molecule has 214 valence electrons. The van der Waals surface area contributed by atoms with Gasteiger partial charge >= 0.3 is 0 Å². The number of aryl methyl sites for hydroxylation is 1. The van der Waals surface area contributed by atoms with Crippen molar-refractivity contribution in [3.05, 3.63) is 72.1 Å². The van der Waals surface area contributed by atoms with Crippen LogP contribution in [0.1, 0.15) is 33.7 Å². The Kier molecular flexibility index (Phi) is 11.9. The number of aromatic nitrogens is 1. The molecule has 0 bridgehead atoms. The first kappa shape index (κ1) is 31.0. The number of rotatable bonds is 14. The molecule has 3 aromatic rings. The fourth-order valence-electron chi connectivity index (χ4n) is 4.07. The van der Waals surface area contributed by atoms with Crippen LogP contribution in [0.25, 0.3) is 0 Å². The average Bonchev–Trinajstić information content (AvgIpc) is 3.29. The normalized spacial score (nSPS) is 10.8. The summed E-state index contributed by atoms with van der Waals surface area (Å²) in [6, 6.07) is 15.8. The topological polar surface area (TPSA) is 98.7 Å². The molecule has 0 aliphatic rings. The first-order valence-corrected chi connectivity index (χ1v) is 14.1. The third kappa shape index (κ3) is 9.29. The number of alkyl halides is 2. The van der Waals surface area contributed by atoms with Crippen molar-refractivity contribution in [2.45, 2.75) is 12.8 Å². The molecule has 0 aliphatic carbocycles. The highest BCUT2D eigenvalue weighted by Gasteiger charge is 2.15. The van der Waals surface area contributed by atoms with Crippen molar-refractivity contribution in [1.29, 1.82) is 0 Å². The molecule has 9 nitrogen and oxygen atoms in total. The lowest BCUT2D eigenvalue weighted by molar-refractivity contribution is -0.116.